The first-order valence-electron chi connectivity index (χ1n) is 8.63. The highest BCUT2D eigenvalue weighted by Gasteiger charge is 2.41. The van der Waals surface area contributed by atoms with Gasteiger partial charge in [-0.05, 0) is 41.9 Å². The number of hydrogen-bond donors (Lipinski definition) is 0. The zero-order valence-corrected chi connectivity index (χ0v) is 13.5. The van der Waals surface area contributed by atoms with E-state index in [1.165, 1.54) is 37.1 Å². The van der Waals surface area contributed by atoms with Crippen LogP contribution in [0.25, 0.3) is 0 Å². The van der Waals surface area contributed by atoms with Crippen molar-refractivity contribution in [2.75, 3.05) is 13.1 Å². The van der Waals surface area contributed by atoms with Gasteiger partial charge < -0.3 is 4.74 Å². The normalized spacial score (nSPS) is 27.2. The number of likely N-dealkylation sites (tertiary alicyclic amines) is 1. The van der Waals surface area contributed by atoms with Gasteiger partial charge in [0.25, 0.3) is 0 Å². The van der Waals surface area contributed by atoms with E-state index in [1.54, 1.807) is 0 Å². The van der Waals surface area contributed by atoms with Gasteiger partial charge in [-0.1, -0.05) is 36.4 Å². The Hall–Kier alpha value is -1.71. The summed E-state index contributed by atoms with van der Waals surface area (Å²) >= 11 is 0. The molecule has 1 saturated carbocycles. The van der Waals surface area contributed by atoms with Crippen molar-refractivity contribution >= 4 is 0 Å². The van der Waals surface area contributed by atoms with Crippen LogP contribution in [0, 0.1) is 11.8 Å². The molecule has 1 saturated heterocycles. The summed E-state index contributed by atoms with van der Waals surface area (Å²) in [6.07, 6.45) is 6.73. The maximum Gasteiger partial charge on any atom is 0.0720 e. The van der Waals surface area contributed by atoms with E-state index >= 15 is 0 Å². The van der Waals surface area contributed by atoms with Crippen molar-refractivity contribution < 1.29 is 4.74 Å². The Kier molecular flexibility index (Phi) is 4.40. The second-order valence-electron chi connectivity index (χ2n) is 6.97. The van der Waals surface area contributed by atoms with Crippen LogP contribution in [0.4, 0.5) is 0 Å². The fraction of sp³-hybridized carbons (Fsp3) is 0.450. The summed E-state index contributed by atoms with van der Waals surface area (Å²) in [5.74, 6) is 1.62. The summed E-state index contributed by atoms with van der Waals surface area (Å²) in [4.78, 5) is 6.80. The number of fused-ring (bicyclic) bond motifs is 1. The molecule has 0 amide bonds. The zero-order valence-electron chi connectivity index (χ0n) is 13.5. The van der Waals surface area contributed by atoms with Crippen LogP contribution in [-0.4, -0.2) is 29.1 Å². The maximum atomic E-state index is 6.15. The Balaban J connectivity index is 1.25. The summed E-state index contributed by atoms with van der Waals surface area (Å²) < 4.78 is 6.15. The van der Waals surface area contributed by atoms with Crippen LogP contribution in [0.3, 0.4) is 0 Å². The molecule has 3 nitrogen and oxygen atoms in total. The fourth-order valence-corrected chi connectivity index (χ4v) is 4.14. The number of benzene rings is 1. The second-order valence-corrected chi connectivity index (χ2v) is 6.97. The average molecular weight is 308 g/mol. The molecule has 3 atom stereocenters. The predicted molar refractivity (Wildman–Crippen MR) is 90.7 cm³/mol. The van der Waals surface area contributed by atoms with Gasteiger partial charge in [-0.3, -0.25) is 9.88 Å². The molecule has 0 N–H and O–H groups in total. The van der Waals surface area contributed by atoms with Crippen LogP contribution in [0.2, 0.25) is 0 Å². The minimum absolute atomic E-state index is 0.450. The van der Waals surface area contributed by atoms with Crippen LogP contribution >= 0.6 is 0 Å². The average Bonchev–Trinajstić information content (AvgIpc) is 3.13. The Morgan fingerprint density at radius 1 is 0.957 bits per heavy atom. The molecule has 1 aliphatic carbocycles. The minimum atomic E-state index is 0.450. The van der Waals surface area contributed by atoms with Gasteiger partial charge in [0.15, 0.2) is 0 Å². The highest BCUT2D eigenvalue weighted by atomic mass is 16.5. The van der Waals surface area contributed by atoms with Gasteiger partial charge in [-0.2, -0.15) is 0 Å². The van der Waals surface area contributed by atoms with Crippen LogP contribution in [0.5, 0.6) is 0 Å². The molecular weight excluding hydrogens is 284 g/mol. The summed E-state index contributed by atoms with van der Waals surface area (Å²) in [5.41, 5.74) is 2.60. The van der Waals surface area contributed by atoms with Gasteiger partial charge in [0.2, 0.25) is 0 Å². The quantitative estimate of drug-likeness (QED) is 0.845. The summed E-state index contributed by atoms with van der Waals surface area (Å²) in [6.45, 7) is 4.22. The number of ether oxygens (including phenoxy) is 1. The topological polar surface area (TPSA) is 25.4 Å². The van der Waals surface area contributed by atoms with Gasteiger partial charge in [-0.25, -0.2) is 0 Å². The lowest BCUT2D eigenvalue weighted by atomic mass is 10.0. The lowest BCUT2D eigenvalue weighted by Gasteiger charge is -2.19. The molecule has 3 heteroatoms. The predicted octanol–water partition coefficient (Wildman–Crippen LogP) is 3.51. The third-order valence-corrected chi connectivity index (χ3v) is 5.24. The van der Waals surface area contributed by atoms with Crippen LogP contribution in [0.1, 0.15) is 24.0 Å². The Morgan fingerprint density at radius 3 is 2.39 bits per heavy atom. The smallest absolute Gasteiger partial charge is 0.0720 e. The molecule has 1 aromatic carbocycles. The molecule has 4 rings (SSSR count). The third kappa shape index (κ3) is 3.62. The number of hydrogen-bond acceptors (Lipinski definition) is 3. The molecular formula is C20H24N2O. The Bertz CT molecular complexity index is 602. The number of nitrogens with zero attached hydrogens (tertiary/aromatic N) is 2. The van der Waals surface area contributed by atoms with Gasteiger partial charge in [-0.15, -0.1) is 0 Å². The van der Waals surface area contributed by atoms with Gasteiger partial charge in [0.1, 0.15) is 0 Å². The first kappa shape index (κ1) is 14.9. The molecule has 120 valence electrons. The van der Waals surface area contributed by atoms with Crippen LogP contribution < -0.4 is 0 Å². The van der Waals surface area contributed by atoms with Crippen molar-refractivity contribution in [3.05, 3.63) is 66.0 Å². The SMILES string of the molecule is c1ccc(COC2C[C@@H]3CN(Cc4cccnc4)C[C@@H]3C2)cc1. The summed E-state index contributed by atoms with van der Waals surface area (Å²) in [6, 6.07) is 14.7. The lowest BCUT2D eigenvalue weighted by molar-refractivity contribution is 0.0374. The highest BCUT2D eigenvalue weighted by Crippen LogP contribution is 2.40. The van der Waals surface area contributed by atoms with Gasteiger partial charge in [0, 0.05) is 32.0 Å². The Morgan fingerprint density at radius 2 is 1.70 bits per heavy atom. The van der Waals surface area contributed by atoms with Crippen molar-refractivity contribution in [2.24, 2.45) is 11.8 Å². The van der Waals surface area contributed by atoms with Crippen molar-refractivity contribution in [1.82, 2.24) is 9.88 Å². The van der Waals surface area contributed by atoms with Crippen molar-refractivity contribution in [3.63, 3.8) is 0 Å². The van der Waals surface area contributed by atoms with Crippen molar-refractivity contribution in [2.45, 2.75) is 32.1 Å². The van der Waals surface area contributed by atoms with E-state index in [0.29, 0.717) is 6.10 Å². The van der Waals surface area contributed by atoms with Crippen LogP contribution in [-0.2, 0) is 17.9 Å². The molecule has 2 fully saturated rings. The standard InChI is InChI=1S/C20H24N2O/c1-2-5-16(6-3-1)15-23-20-9-18-13-22(14-19(18)10-20)12-17-7-4-8-21-11-17/h1-8,11,18-20H,9-10,12-15H2/t18-,19+,20?. The van der Waals surface area contributed by atoms with E-state index in [9.17, 15) is 0 Å². The van der Waals surface area contributed by atoms with E-state index in [1.807, 2.05) is 18.5 Å². The van der Waals surface area contributed by atoms with E-state index < -0.39 is 0 Å². The number of pyridine rings is 1. The highest BCUT2D eigenvalue weighted by molar-refractivity contribution is 5.13. The monoisotopic (exact) mass is 308 g/mol. The fourth-order valence-electron chi connectivity index (χ4n) is 4.14. The Labute approximate surface area is 138 Å². The largest absolute Gasteiger partial charge is 0.374 e. The molecule has 1 aliphatic heterocycles. The first-order chi connectivity index (χ1) is 11.4. The van der Waals surface area contributed by atoms with E-state index in [0.717, 1.165) is 25.0 Å². The van der Waals surface area contributed by atoms with E-state index in [-0.39, 0.29) is 0 Å². The van der Waals surface area contributed by atoms with Crippen LogP contribution in [0.15, 0.2) is 54.9 Å². The molecule has 0 radical (unpaired) electrons. The molecule has 23 heavy (non-hydrogen) atoms. The molecule has 1 aromatic heterocycles. The number of rotatable bonds is 5. The van der Waals surface area contributed by atoms with E-state index in [4.69, 9.17) is 4.74 Å². The van der Waals surface area contributed by atoms with Crippen molar-refractivity contribution in [3.8, 4) is 0 Å². The van der Waals surface area contributed by atoms with E-state index in [2.05, 4.69) is 46.3 Å². The molecule has 2 aliphatic rings. The van der Waals surface area contributed by atoms with Crippen molar-refractivity contribution in [1.29, 1.82) is 0 Å². The second kappa shape index (κ2) is 6.81. The summed E-state index contributed by atoms with van der Waals surface area (Å²) in [7, 11) is 0. The molecule has 1 unspecified atom stereocenters. The molecule has 2 aromatic rings. The molecule has 0 bridgehead atoms. The molecule has 2 heterocycles. The maximum absolute atomic E-state index is 6.15. The molecule has 0 spiro atoms. The first-order valence-corrected chi connectivity index (χ1v) is 8.63. The third-order valence-electron chi connectivity index (χ3n) is 5.24. The summed E-state index contributed by atoms with van der Waals surface area (Å²) in [5, 5.41) is 0. The van der Waals surface area contributed by atoms with Gasteiger partial charge in [0.05, 0.1) is 12.7 Å². The zero-order chi connectivity index (χ0) is 15.5. The van der Waals surface area contributed by atoms with Gasteiger partial charge >= 0.3 is 0 Å². The number of aromatic nitrogens is 1. The lowest BCUT2D eigenvalue weighted by Crippen LogP contribution is -2.23. The minimum Gasteiger partial charge on any atom is -0.374 e.